The van der Waals surface area contributed by atoms with Crippen LogP contribution in [0.3, 0.4) is 0 Å². The third-order valence-corrected chi connectivity index (χ3v) is 6.34. The second-order valence-corrected chi connectivity index (χ2v) is 8.24. The van der Waals surface area contributed by atoms with Crippen molar-refractivity contribution in [2.45, 2.75) is 44.4 Å². The van der Waals surface area contributed by atoms with E-state index in [-0.39, 0.29) is 0 Å². The molecule has 1 aromatic heterocycles. The molecule has 29 heavy (non-hydrogen) atoms. The molecule has 0 amide bonds. The summed E-state index contributed by atoms with van der Waals surface area (Å²) >= 11 is 0. The predicted molar refractivity (Wildman–Crippen MR) is 110 cm³/mol. The number of tetrazole rings is 1. The van der Waals surface area contributed by atoms with Crippen LogP contribution in [0.25, 0.3) is 11.4 Å². The molecule has 1 saturated carbocycles. The maximum absolute atomic E-state index is 5.93. The number of aromatic nitrogens is 4. The van der Waals surface area contributed by atoms with Crippen molar-refractivity contribution >= 4 is 0 Å². The van der Waals surface area contributed by atoms with Crippen LogP contribution in [0.1, 0.15) is 55.6 Å². The molecule has 1 N–H and O–H groups in total. The summed E-state index contributed by atoms with van der Waals surface area (Å²) in [6.45, 7) is 3.60. The molecule has 1 aliphatic carbocycles. The van der Waals surface area contributed by atoms with Crippen LogP contribution in [-0.2, 0) is 0 Å². The third kappa shape index (κ3) is 3.71. The highest BCUT2D eigenvalue weighted by molar-refractivity contribution is 5.54. The Kier molecular flexibility index (Phi) is 4.92. The molecule has 2 aromatic carbocycles. The van der Waals surface area contributed by atoms with Crippen LogP contribution >= 0.6 is 0 Å². The second kappa shape index (κ2) is 7.85. The van der Waals surface area contributed by atoms with Gasteiger partial charge in [0.2, 0.25) is 5.82 Å². The van der Waals surface area contributed by atoms with Crippen molar-refractivity contribution in [2.75, 3.05) is 13.2 Å². The molecule has 2 aliphatic rings. The lowest BCUT2D eigenvalue weighted by Gasteiger charge is -2.25. The lowest BCUT2D eigenvalue weighted by atomic mass is 9.87. The standard InChI is InChI=1S/C23H26N4O2/c1-15(20-3-2-4-21-22(20)29-12-11-28-21)13-16-5-6-19(14-16)17-7-9-18(10-8-17)23-24-26-27-25-23/h2-4,7-10,15-16,19H,5-6,11-14H2,1H3,(H,24,25,26,27)/t15-,16?,19-/m0/s1. The smallest absolute Gasteiger partial charge is 0.204 e. The van der Waals surface area contributed by atoms with E-state index in [1.807, 2.05) is 6.07 Å². The fourth-order valence-corrected chi connectivity index (χ4v) is 4.89. The van der Waals surface area contributed by atoms with E-state index in [0.717, 1.165) is 23.0 Å². The lowest BCUT2D eigenvalue weighted by Crippen LogP contribution is -2.17. The van der Waals surface area contributed by atoms with Crippen LogP contribution in [0.4, 0.5) is 0 Å². The Labute approximate surface area is 170 Å². The van der Waals surface area contributed by atoms with E-state index in [2.05, 4.69) is 63.9 Å². The monoisotopic (exact) mass is 390 g/mol. The van der Waals surface area contributed by atoms with E-state index in [1.54, 1.807) is 0 Å². The average molecular weight is 390 g/mol. The van der Waals surface area contributed by atoms with Gasteiger partial charge in [-0.25, -0.2) is 0 Å². The zero-order chi connectivity index (χ0) is 19.6. The van der Waals surface area contributed by atoms with Crippen LogP contribution < -0.4 is 9.47 Å². The first kappa shape index (κ1) is 18.2. The van der Waals surface area contributed by atoms with Gasteiger partial charge in [0.1, 0.15) is 13.2 Å². The number of benzene rings is 2. The minimum atomic E-state index is 0.469. The highest BCUT2D eigenvalue weighted by Gasteiger charge is 2.29. The molecule has 0 radical (unpaired) electrons. The van der Waals surface area contributed by atoms with Gasteiger partial charge in [0.05, 0.1) is 0 Å². The van der Waals surface area contributed by atoms with Crippen LogP contribution in [0.15, 0.2) is 42.5 Å². The molecule has 3 aromatic rings. The summed E-state index contributed by atoms with van der Waals surface area (Å²) < 4.78 is 11.7. The maximum Gasteiger partial charge on any atom is 0.204 e. The zero-order valence-electron chi connectivity index (χ0n) is 16.7. The number of ether oxygens (including phenoxy) is 2. The van der Waals surface area contributed by atoms with Gasteiger partial charge in [-0.15, -0.1) is 10.2 Å². The van der Waals surface area contributed by atoms with E-state index < -0.39 is 0 Å². The van der Waals surface area contributed by atoms with Gasteiger partial charge in [-0.2, -0.15) is 5.21 Å². The van der Waals surface area contributed by atoms with Gasteiger partial charge in [0.25, 0.3) is 0 Å². The number of hydrogen-bond acceptors (Lipinski definition) is 5. The number of hydrogen-bond donors (Lipinski definition) is 1. The molecule has 3 atom stereocenters. The molecule has 150 valence electrons. The van der Waals surface area contributed by atoms with E-state index in [0.29, 0.717) is 30.9 Å². The van der Waals surface area contributed by atoms with E-state index in [1.165, 1.54) is 36.8 Å². The van der Waals surface area contributed by atoms with Crippen LogP contribution in [0.5, 0.6) is 11.5 Å². The Hall–Kier alpha value is -2.89. The van der Waals surface area contributed by atoms with Gasteiger partial charge < -0.3 is 9.47 Å². The number of nitrogens with zero attached hydrogens (tertiary/aromatic N) is 3. The lowest BCUT2D eigenvalue weighted by molar-refractivity contribution is 0.169. The Morgan fingerprint density at radius 2 is 1.93 bits per heavy atom. The first-order chi connectivity index (χ1) is 14.3. The second-order valence-electron chi connectivity index (χ2n) is 8.24. The number of nitrogens with one attached hydrogen (secondary N) is 1. The van der Waals surface area contributed by atoms with Gasteiger partial charge in [-0.3, -0.25) is 0 Å². The van der Waals surface area contributed by atoms with Gasteiger partial charge in [-0.1, -0.05) is 43.3 Å². The van der Waals surface area contributed by atoms with Gasteiger partial charge in [0, 0.05) is 11.1 Å². The van der Waals surface area contributed by atoms with Crippen molar-refractivity contribution < 1.29 is 9.47 Å². The van der Waals surface area contributed by atoms with E-state index in [4.69, 9.17) is 9.47 Å². The fraction of sp³-hybridized carbons (Fsp3) is 0.435. The number of aromatic amines is 1. The zero-order valence-corrected chi connectivity index (χ0v) is 16.7. The molecule has 0 bridgehead atoms. The quantitative estimate of drug-likeness (QED) is 0.683. The third-order valence-electron chi connectivity index (χ3n) is 6.34. The molecule has 1 fully saturated rings. The van der Waals surface area contributed by atoms with Crippen LogP contribution in [0, 0.1) is 5.92 Å². The number of rotatable bonds is 5. The Morgan fingerprint density at radius 3 is 2.76 bits per heavy atom. The minimum Gasteiger partial charge on any atom is -0.486 e. The molecule has 1 unspecified atom stereocenters. The van der Waals surface area contributed by atoms with E-state index >= 15 is 0 Å². The largest absolute Gasteiger partial charge is 0.486 e. The summed E-state index contributed by atoms with van der Waals surface area (Å²) in [6, 6.07) is 14.9. The van der Waals surface area contributed by atoms with Gasteiger partial charge in [-0.05, 0) is 60.3 Å². The summed E-state index contributed by atoms with van der Waals surface area (Å²) in [5, 5.41) is 14.2. The fourth-order valence-electron chi connectivity index (χ4n) is 4.89. The minimum absolute atomic E-state index is 0.469. The van der Waals surface area contributed by atoms with Crippen LogP contribution in [-0.4, -0.2) is 33.8 Å². The molecule has 6 nitrogen and oxygen atoms in total. The number of H-pyrrole nitrogens is 1. The molecule has 5 rings (SSSR count). The Morgan fingerprint density at radius 1 is 1.07 bits per heavy atom. The van der Waals surface area contributed by atoms with E-state index in [9.17, 15) is 0 Å². The van der Waals surface area contributed by atoms with Crippen molar-refractivity contribution in [2.24, 2.45) is 5.92 Å². The number of para-hydroxylation sites is 1. The Balaban J connectivity index is 1.23. The van der Waals surface area contributed by atoms with Crippen LogP contribution in [0.2, 0.25) is 0 Å². The summed E-state index contributed by atoms with van der Waals surface area (Å²) in [7, 11) is 0. The Bertz CT molecular complexity index is 956. The molecular formula is C23H26N4O2. The average Bonchev–Trinajstić information content (AvgIpc) is 3.46. The topological polar surface area (TPSA) is 72.9 Å². The summed E-state index contributed by atoms with van der Waals surface area (Å²) in [5.41, 5.74) is 3.71. The van der Waals surface area contributed by atoms with Crippen molar-refractivity contribution in [3.63, 3.8) is 0 Å². The summed E-state index contributed by atoms with van der Waals surface area (Å²) in [4.78, 5) is 0. The van der Waals surface area contributed by atoms with Gasteiger partial charge >= 0.3 is 0 Å². The summed E-state index contributed by atoms with van der Waals surface area (Å²) in [5.74, 6) is 4.34. The maximum atomic E-state index is 5.93. The van der Waals surface area contributed by atoms with Crippen molar-refractivity contribution in [3.8, 4) is 22.9 Å². The van der Waals surface area contributed by atoms with Crippen molar-refractivity contribution in [3.05, 3.63) is 53.6 Å². The normalized spacial score (nSPS) is 21.8. The summed E-state index contributed by atoms with van der Waals surface area (Å²) in [6.07, 6.45) is 4.98. The SMILES string of the molecule is C[C@@H](CC1CC[C@H](c2ccc(-c3nn[nH]n3)cc2)C1)c1cccc2c1OCCO2. The molecule has 0 saturated heterocycles. The highest BCUT2D eigenvalue weighted by Crippen LogP contribution is 2.45. The molecular weight excluding hydrogens is 364 g/mol. The van der Waals surface area contributed by atoms with Crippen molar-refractivity contribution in [1.82, 2.24) is 20.6 Å². The number of fused-ring (bicyclic) bond motifs is 1. The van der Waals surface area contributed by atoms with Crippen molar-refractivity contribution in [1.29, 1.82) is 0 Å². The molecule has 1 aliphatic heterocycles. The first-order valence-corrected chi connectivity index (χ1v) is 10.5. The highest BCUT2D eigenvalue weighted by atomic mass is 16.6. The predicted octanol–water partition coefficient (Wildman–Crippen LogP) is 4.72. The molecule has 0 spiro atoms. The molecule has 2 heterocycles. The van der Waals surface area contributed by atoms with Gasteiger partial charge in [0.15, 0.2) is 11.5 Å². The molecule has 6 heteroatoms. The first-order valence-electron chi connectivity index (χ1n) is 10.5.